The predicted octanol–water partition coefficient (Wildman–Crippen LogP) is 2.21. The van der Waals surface area contributed by atoms with Gasteiger partial charge in [0.2, 0.25) is 11.8 Å². The van der Waals surface area contributed by atoms with E-state index in [0.717, 1.165) is 12.8 Å². The Bertz CT molecular complexity index is 1280. The molecule has 0 atom stereocenters. The van der Waals surface area contributed by atoms with E-state index in [2.05, 4.69) is 15.4 Å². The Balaban J connectivity index is 1.24. The van der Waals surface area contributed by atoms with Crippen molar-refractivity contribution in [2.75, 3.05) is 31.5 Å². The molecule has 0 spiro atoms. The molecule has 3 amide bonds. The molecule has 5 rings (SSSR count). The second-order valence-corrected chi connectivity index (χ2v) is 8.82. The maximum absolute atomic E-state index is 14.6. The lowest BCUT2D eigenvalue weighted by molar-refractivity contribution is -0.140. The van der Waals surface area contributed by atoms with E-state index < -0.39 is 11.7 Å². The molecule has 3 aromatic rings. The third-order valence-corrected chi connectivity index (χ3v) is 6.18. The molecule has 10 heteroatoms. The molecule has 1 aromatic carbocycles. The number of fused-ring (bicyclic) bond motifs is 1. The summed E-state index contributed by atoms with van der Waals surface area (Å²) in [4.78, 5) is 45.1. The van der Waals surface area contributed by atoms with Gasteiger partial charge in [0.15, 0.2) is 0 Å². The Morgan fingerprint density at radius 3 is 2.53 bits per heavy atom. The van der Waals surface area contributed by atoms with Gasteiger partial charge in [0, 0.05) is 55.4 Å². The fourth-order valence-corrected chi connectivity index (χ4v) is 4.13. The van der Waals surface area contributed by atoms with Crippen LogP contribution in [0.1, 0.15) is 29.0 Å². The van der Waals surface area contributed by atoms with Gasteiger partial charge in [-0.15, -0.1) is 0 Å². The third kappa shape index (κ3) is 4.61. The Kier molecular flexibility index (Phi) is 5.72. The molecular weight excluding hydrogens is 439 g/mol. The van der Waals surface area contributed by atoms with E-state index in [1.807, 2.05) is 4.90 Å². The van der Waals surface area contributed by atoms with Crippen molar-refractivity contribution in [1.82, 2.24) is 24.6 Å². The van der Waals surface area contributed by atoms with Crippen molar-refractivity contribution in [3.05, 3.63) is 53.7 Å². The van der Waals surface area contributed by atoms with Gasteiger partial charge in [0.25, 0.3) is 5.91 Å². The standard InChI is InChI=1S/C24H25FN6O3/c1-15-3-2-4-19(26-15)23(33)27-21-11-17-13-31(28-20(17)12-18(21)25)14-22(32)29-7-9-30(10-8-29)24(34)16-5-6-16/h2-4,11-13,16H,5-10,14H2,1H3,(H,27,33). The van der Waals surface area contributed by atoms with Crippen LogP contribution in [0.4, 0.5) is 10.1 Å². The molecule has 1 N–H and O–H groups in total. The number of carbonyl (C=O) groups excluding carboxylic acids is 3. The van der Waals surface area contributed by atoms with Gasteiger partial charge in [-0.1, -0.05) is 6.07 Å². The largest absolute Gasteiger partial charge is 0.339 e. The third-order valence-electron chi connectivity index (χ3n) is 6.18. The highest BCUT2D eigenvalue weighted by molar-refractivity contribution is 6.04. The summed E-state index contributed by atoms with van der Waals surface area (Å²) in [7, 11) is 0. The maximum Gasteiger partial charge on any atom is 0.274 e. The summed E-state index contributed by atoms with van der Waals surface area (Å²) in [6, 6.07) is 7.77. The highest BCUT2D eigenvalue weighted by atomic mass is 19.1. The van der Waals surface area contributed by atoms with Gasteiger partial charge in [-0.3, -0.25) is 19.1 Å². The fraction of sp³-hybridized carbons (Fsp3) is 0.375. The lowest BCUT2D eigenvalue weighted by Crippen LogP contribution is -2.51. The van der Waals surface area contributed by atoms with Gasteiger partial charge in [-0.2, -0.15) is 5.10 Å². The number of nitrogens with zero attached hydrogens (tertiary/aromatic N) is 5. The number of anilines is 1. The minimum atomic E-state index is -0.624. The fourth-order valence-electron chi connectivity index (χ4n) is 4.13. The Labute approximate surface area is 195 Å². The molecule has 3 heterocycles. The van der Waals surface area contributed by atoms with Crippen LogP contribution in [0.3, 0.4) is 0 Å². The summed E-state index contributed by atoms with van der Waals surface area (Å²) >= 11 is 0. The molecule has 1 saturated carbocycles. The van der Waals surface area contributed by atoms with Crippen LogP contribution in [0.2, 0.25) is 0 Å². The van der Waals surface area contributed by atoms with Crippen LogP contribution in [0.15, 0.2) is 36.5 Å². The molecule has 0 unspecified atom stereocenters. The van der Waals surface area contributed by atoms with Crippen LogP contribution in [0.25, 0.3) is 10.9 Å². The summed E-state index contributed by atoms with van der Waals surface area (Å²) in [6.45, 7) is 3.87. The zero-order chi connectivity index (χ0) is 23.8. The monoisotopic (exact) mass is 464 g/mol. The normalized spacial score (nSPS) is 16.1. The van der Waals surface area contributed by atoms with Crippen LogP contribution in [0.5, 0.6) is 0 Å². The molecule has 0 radical (unpaired) electrons. The number of aryl methyl sites for hydroxylation is 1. The lowest BCUT2D eigenvalue weighted by atomic mass is 10.2. The molecule has 1 aliphatic heterocycles. The molecule has 9 nitrogen and oxygen atoms in total. The highest BCUT2D eigenvalue weighted by Gasteiger charge is 2.35. The number of carbonyl (C=O) groups is 3. The van der Waals surface area contributed by atoms with E-state index in [0.29, 0.717) is 42.8 Å². The van der Waals surface area contributed by atoms with E-state index in [-0.39, 0.29) is 35.7 Å². The number of hydrogen-bond donors (Lipinski definition) is 1. The minimum Gasteiger partial charge on any atom is -0.339 e. The second kappa shape index (κ2) is 8.85. The first-order chi connectivity index (χ1) is 16.4. The Morgan fingerprint density at radius 2 is 1.82 bits per heavy atom. The van der Waals surface area contributed by atoms with Gasteiger partial charge in [0.1, 0.15) is 18.1 Å². The predicted molar refractivity (Wildman–Crippen MR) is 123 cm³/mol. The van der Waals surface area contributed by atoms with Gasteiger partial charge in [-0.05, 0) is 38.0 Å². The van der Waals surface area contributed by atoms with Gasteiger partial charge in [-0.25, -0.2) is 9.37 Å². The van der Waals surface area contributed by atoms with Crippen molar-refractivity contribution < 1.29 is 18.8 Å². The van der Waals surface area contributed by atoms with Gasteiger partial charge in [0.05, 0.1) is 11.2 Å². The first-order valence-corrected chi connectivity index (χ1v) is 11.4. The molecule has 1 aliphatic carbocycles. The van der Waals surface area contributed by atoms with Crippen molar-refractivity contribution in [2.24, 2.45) is 5.92 Å². The zero-order valence-electron chi connectivity index (χ0n) is 18.8. The molecule has 2 aromatic heterocycles. The van der Waals surface area contributed by atoms with Crippen LogP contribution in [-0.4, -0.2) is 68.5 Å². The van der Waals surface area contributed by atoms with Crippen LogP contribution in [0, 0.1) is 18.7 Å². The molecular formula is C24H25FN6O3. The summed E-state index contributed by atoms with van der Waals surface area (Å²) in [5.41, 5.74) is 1.28. The zero-order valence-corrected chi connectivity index (χ0v) is 18.8. The number of amides is 3. The first kappa shape index (κ1) is 22.0. The van der Waals surface area contributed by atoms with E-state index >= 15 is 0 Å². The molecule has 2 fully saturated rings. The Morgan fingerprint density at radius 1 is 1.09 bits per heavy atom. The van der Waals surface area contributed by atoms with Crippen molar-refractivity contribution in [3.8, 4) is 0 Å². The van der Waals surface area contributed by atoms with E-state index in [9.17, 15) is 18.8 Å². The van der Waals surface area contributed by atoms with E-state index in [1.165, 1.54) is 16.8 Å². The number of benzene rings is 1. The quantitative estimate of drug-likeness (QED) is 0.624. The minimum absolute atomic E-state index is 0.0156. The summed E-state index contributed by atoms with van der Waals surface area (Å²) < 4.78 is 16.1. The van der Waals surface area contributed by atoms with Crippen molar-refractivity contribution in [1.29, 1.82) is 0 Å². The number of piperazine rings is 1. The topological polar surface area (TPSA) is 100 Å². The van der Waals surface area contributed by atoms with E-state index in [4.69, 9.17) is 0 Å². The molecule has 2 aliphatic rings. The molecule has 0 bridgehead atoms. The summed E-state index contributed by atoms with van der Waals surface area (Å²) in [6.07, 6.45) is 3.60. The van der Waals surface area contributed by atoms with Crippen LogP contribution in [-0.2, 0) is 16.1 Å². The average Bonchev–Trinajstić information content (AvgIpc) is 3.60. The average molecular weight is 465 g/mol. The van der Waals surface area contributed by atoms with Crippen LogP contribution < -0.4 is 5.32 Å². The highest BCUT2D eigenvalue weighted by Crippen LogP contribution is 2.31. The second-order valence-electron chi connectivity index (χ2n) is 8.82. The summed E-state index contributed by atoms with van der Waals surface area (Å²) in [5.74, 6) is -0.855. The van der Waals surface area contributed by atoms with Crippen molar-refractivity contribution in [2.45, 2.75) is 26.3 Å². The molecule has 1 saturated heterocycles. The smallest absolute Gasteiger partial charge is 0.274 e. The van der Waals surface area contributed by atoms with Gasteiger partial charge >= 0.3 is 0 Å². The number of hydrogen-bond acceptors (Lipinski definition) is 5. The lowest BCUT2D eigenvalue weighted by Gasteiger charge is -2.34. The number of rotatable bonds is 5. The number of nitrogens with one attached hydrogen (secondary N) is 1. The molecule has 34 heavy (non-hydrogen) atoms. The van der Waals surface area contributed by atoms with Gasteiger partial charge < -0.3 is 15.1 Å². The number of halogens is 1. The van der Waals surface area contributed by atoms with E-state index in [1.54, 1.807) is 36.2 Å². The van der Waals surface area contributed by atoms with Crippen LogP contribution >= 0.6 is 0 Å². The van der Waals surface area contributed by atoms with Crippen molar-refractivity contribution in [3.63, 3.8) is 0 Å². The maximum atomic E-state index is 14.6. The number of pyridine rings is 1. The molecule has 176 valence electrons. The number of aromatic nitrogens is 3. The SMILES string of the molecule is Cc1cccc(C(=O)Nc2cc3cn(CC(=O)N4CCN(C(=O)C5CC5)CC4)nc3cc2F)n1. The summed E-state index contributed by atoms with van der Waals surface area (Å²) in [5, 5.41) is 7.46. The van der Waals surface area contributed by atoms with Crippen molar-refractivity contribution >= 4 is 34.3 Å². The Hall–Kier alpha value is -3.82. The first-order valence-electron chi connectivity index (χ1n) is 11.4.